The van der Waals surface area contributed by atoms with Crippen molar-refractivity contribution in [3.63, 3.8) is 0 Å². The fraction of sp³-hybridized carbons (Fsp3) is 0.375. The van der Waals surface area contributed by atoms with Gasteiger partial charge in [-0.3, -0.25) is 4.68 Å². The predicted octanol–water partition coefficient (Wildman–Crippen LogP) is 2.71. The lowest BCUT2D eigenvalue weighted by Gasteiger charge is -2.13. The van der Waals surface area contributed by atoms with Crippen molar-refractivity contribution in [3.05, 3.63) is 40.0 Å². The van der Waals surface area contributed by atoms with Crippen molar-refractivity contribution in [2.75, 3.05) is 0 Å². The molecule has 0 aromatic carbocycles. The van der Waals surface area contributed by atoms with Gasteiger partial charge < -0.3 is 9.22 Å². The standard InChI is InChI=1S/C16H19BN4O/c1-9-8-21(12(4)10(9)2)14(7-18)16(22-17)15-11(3)19-20(6)13(15)5/h8H,1-6H3. The van der Waals surface area contributed by atoms with Crippen LogP contribution < -0.4 is 0 Å². The molecule has 2 radical (unpaired) electrons. The van der Waals surface area contributed by atoms with Crippen LogP contribution in [0, 0.1) is 45.9 Å². The van der Waals surface area contributed by atoms with Crippen LogP contribution in [0.4, 0.5) is 0 Å². The molecule has 0 unspecified atom stereocenters. The zero-order valence-electron chi connectivity index (χ0n) is 13.9. The number of aromatic nitrogens is 3. The second-order valence-electron chi connectivity index (χ2n) is 5.47. The number of hydrogen-bond acceptors (Lipinski definition) is 3. The van der Waals surface area contributed by atoms with E-state index in [2.05, 4.69) is 11.2 Å². The minimum atomic E-state index is 0.337. The minimum Gasteiger partial charge on any atom is -0.565 e. The topological polar surface area (TPSA) is 55.8 Å². The van der Waals surface area contributed by atoms with Crippen LogP contribution >= 0.6 is 0 Å². The van der Waals surface area contributed by atoms with Gasteiger partial charge in [-0.2, -0.15) is 10.4 Å². The molecule has 0 saturated heterocycles. The number of rotatable bonds is 3. The molecule has 2 rings (SSSR count). The van der Waals surface area contributed by atoms with Crippen LogP contribution in [0.2, 0.25) is 0 Å². The van der Waals surface area contributed by atoms with E-state index in [9.17, 15) is 5.26 Å². The third kappa shape index (κ3) is 2.33. The maximum Gasteiger partial charge on any atom is 0.374 e. The van der Waals surface area contributed by atoms with Crippen molar-refractivity contribution >= 4 is 19.5 Å². The fourth-order valence-electron chi connectivity index (χ4n) is 2.63. The average molecular weight is 294 g/mol. The molecule has 2 aromatic heterocycles. The van der Waals surface area contributed by atoms with E-state index in [-0.39, 0.29) is 0 Å². The van der Waals surface area contributed by atoms with E-state index in [0.29, 0.717) is 11.5 Å². The number of hydrogen-bond donors (Lipinski definition) is 0. The second-order valence-corrected chi connectivity index (χ2v) is 5.47. The maximum atomic E-state index is 9.66. The lowest BCUT2D eigenvalue weighted by Crippen LogP contribution is -2.04. The summed E-state index contributed by atoms with van der Waals surface area (Å²) in [7, 11) is 7.35. The highest BCUT2D eigenvalue weighted by molar-refractivity contribution is 6.05. The van der Waals surface area contributed by atoms with E-state index in [0.717, 1.165) is 33.8 Å². The van der Waals surface area contributed by atoms with Crippen LogP contribution in [0.15, 0.2) is 6.20 Å². The number of nitriles is 1. The Hall–Kier alpha value is -2.42. The summed E-state index contributed by atoms with van der Waals surface area (Å²) < 4.78 is 8.67. The Morgan fingerprint density at radius 2 is 1.86 bits per heavy atom. The van der Waals surface area contributed by atoms with Gasteiger partial charge in [-0.1, -0.05) is 0 Å². The lowest BCUT2D eigenvalue weighted by atomic mass is 10.1. The normalized spacial score (nSPS) is 12.0. The van der Waals surface area contributed by atoms with Gasteiger partial charge in [-0.25, -0.2) is 0 Å². The molecule has 2 aromatic rings. The van der Waals surface area contributed by atoms with E-state index < -0.39 is 0 Å². The number of aryl methyl sites for hydroxylation is 3. The quantitative estimate of drug-likeness (QED) is 0.497. The number of allylic oxidation sites excluding steroid dienone is 1. The summed E-state index contributed by atoms with van der Waals surface area (Å²) in [6, 6.07) is 2.21. The van der Waals surface area contributed by atoms with Gasteiger partial charge in [0.25, 0.3) is 0 Å². The van der Waals surface area contributed by atoms with Crippen LogP contribution in [0.1, 0.15) is 33.8 Å². The van der Waals surface area contributed by atoms with Crippen molar-refractivity contribution in [3.8, 4) is 6.07 Å². The molecule has 112 valence electrons. The highest BCUT2D eigenvalue weighted by Gasteiger charge is 2.21. The highest BCUT2D eigenvalue weighted by Crippen LogP contribution is 2.29. The van der Waals surface area contributed by atoms with Crippen LogP contribution in [-0.2, 0) is 11.7 Å². The molecule has 0 N–H and O–H groups in total. The van der Waals surface area contributed by atoms with Gasteiger partial charge in [0.1, 0.15) is 11.8 Å². The van der Waals surface area contributed by atoms with Crippen LogP contribution in [-0.4, -0.2) is 22.4 Å². The van der Waals surface area contributed by atoms with E-state index in [1.165, 1.54) is 0 Å². The Balaban J connectivity index is 2.80. The van der Waals surface area contributed by atoms with Crippen molar-refractivity contribution in [2.24, 2.45) is 7.05 Å². The van der Waals surface area contributed by atoms with Crippen LogP contribution in [0.5, 0.6) is 0 Å². The minimum absolute atomic E-state index is 0.337. The monoisotopic (exact) mass is 294 g/mol. The maximum absolute atomic E-state index is 9.66. The average Bonchev–Trinajstić information content (AvgIpc) is 2.88. The van der Waals surface area contributed by atoms with E-state index in [1.807, 2.05) is 52.4 Å². The molecular formula is C16H19BN4O. The predicted molar refractivity (Wildman–Crippen MR) is 86.9 cm³/mol. The van der Waals surface area contributed by atoms with Gasteiger partial charge >= 0.3 is 8.05 Å². The molecule has 2 heterocycles. The van der Waals surface area contributed by atoms with E-state index in [4.69, 9.17) is 12.7 Å². The molecule has 0 aliphatic rings. The first-order valence-corrected chi connectivity index (χ1v) is 7.00. The molecule has 0 fully saturated rings. The van der Waals surface area contributed by atoms with Crippen molar-refractivity contribution < 1.29 is 4.65 Å². The molecule has 0 aliphatic heterocycles. The van der Waals surface area contributed by atoms with E-state index >= 15 is 0 Å². The third-order valence-corrected chi connectivity index (χ3v) is 4.23. The molecule has 0 bridgehead atoms. The number of nitrogens with zero attached hydrogens (tertiary/aromatic N) is 4. The summed E-state index contributed by atoms with van der Waals surface area (Å²) in [5.74, 6) is 0.337. The molecule has 0 aliphatic carbocycles. The van der Waals surface area contributed by atoms with Crippen LogP contribution in [0.25, 0.3) is 11.5 Å². The Morgan fingerprint density at radius 3 is 2.23 bits per heavy atom. The molecule has 0 amide bonds. The largest absolute Gasteiger partial charge is 0.565 e. The Kier molecular flexibility index (Phi) is 4.18. The summed E-state index contributed by atoms with van der Waals surface area (Å²) in [4.78, 5) is 0. The summed E-state index contributed by atoms with van der Waals surface area (Å²) in [5, 5.41) is 14.0. The van der Waals surface area contributed by atoms with Gasteiger partial charge in [-0.15, -0.1) is 0 Å². The first-order valence-electron chi connectivity index (χ1n) is 7.00. The van der Waals surface area contributed by atoms with Crippen molar-refractivity contribution in [1.82, 2.24) is 14.3 Å². The molecular weight excluding hydrogens is 275 g/mol. The van der Waals surface area contributed by atoms with Crippen molar-refractivity contribution in [2.45, 2.75) is 34.6 Å². The first kappa shape index (κ1) is 16.0. The molecule has 0 spiro atoms. The van der Waals surface area contributed by atoms with Gasteiger partial charge in [0.2, 0.25) is 0 Å². The lowest BCUT2D eigenvalue weighted by molar-refractivity contribution is 0.570. The van der Waals surface area contributed by atoms with Gasteiger partial charge in [-0.05, 0) is 45.7 Å². The summed E-state index contributed by atoms with van der Waals surface area (Å²) >= 11 is 0. The molecule has 6 heteroatoms. The third-order valence-electron chi connectivity index (χ3n) is 4.23. The fourth-order valence-corrected chi connectivity index (χ4v) is 2.63. The second kappa shape index (κ2) is 5.76. The van der Waals surface area contributed by atoms with E-state index in [1.54, 1.807) is 4.68 Å². The Morgan fingerprint density at radius 1 is 1.23 bits per heavy atom. The Bertz CT molecular complexity index is 805. The van der Waals surface area contributed by atoms with Crippen molar-refractivity contribution in [1.29, 1.82) is 5.26 Å². The van der Waals surface area contributed by atoms with Gasteiger partial charge in [0, 0.05) is 24.6 Å². The van der Waals surface area contributed by atoms with Gasteiger partial charge in [0.05, 0.1) is 11.3 Å². The summed E-state index contributed by atoms with van der Waals surface area (Å²) in [6.07, 6.45) is 1.92. The SMILES string of the molecule is [B]OC(=C(C#N)n1cc(C)c(C)c1C)c1c(C)nn(C)c1C. The van der Waals surface area contributed by atoms with Crippen LogP contribution in [0.3, 0.4) is 0 Å². The molecule has 0 atom stereocenters. The highest BCUT2D eigenvalue weighted by atomic mass is 16.4. The molecule has 22 heavy (non-hydrogen) atoms. The Labute approximate surface area is 132 Å². The smallest absolute Gasteiger partial charge is 0.374 e. The summed E-state index contributed by atoms with van der Waals surface area (Å²) in [5.41, 5.74) is 6.02. The first-order chi connectivity index (χ1) is 10.3. The zero-order valence-corrected chi connectivity index (χ0v) is 13.9. The molecule has 0 saturated carbocycles. The zero-order chi connectivity index (χ0) is 16.6. The summed E-state index contributed by atoms with van der Waals surface area (Å²) in [6.45, 7) is 9.80. The van der Waals surface area contributed by atoms with Gasteiger partial charge in [0.15, 0.2) is 5.70 Å². The molecule has 5 nitrogen and oxygen atoms in total.